The molecular weight excluding hydrogens is 468 g/mol. The molecule has 0 aliphatic heterocycles. The number of hydrogen-bond acceptors (Lipinski definition) is 5. The molecule has 7 nitrogen and oxygen atoms in total. The molecule has 1 heterocycles. The quantitative estimate of drug-likeness (QED) is 0.297. The zero-order valence-electron chi connectivity index (χ0n) is 19.0. The van der Waals surface area contributed by atoms with Crippen LogP contribution in [-0.2, 0) is 17.6 Å². The van der Waals surface area contributed by atoms with Crippen LogP contribution in [0.1, 0.15) is 32.7 Å². The van der Waals surface area contributed by atoms with Crippen LogP contribution >= 0.6 is 11.6 Å². The summed E-state index contributed by atoms with van der Waals surface area (Å²) < 4.78 is 10.8. The van der Waals surface area contributed by atoms with Crippen LogP contribution in [0, 0.1) is 6.92 Å². The minimum atomic E-state index is -0.953. The number of ether oxygens (including phenoxy) is 1. The molecule has 0 saturated carbocycles. The van der Waals surface area contributed by atoms with Gasteiger partial charge in [-0.3, -0.25) is 5.32 Å². The lowest BCUT2D eigenvalue weighted by Gasteiger charge is -2.09. The number of rotatable bonds is 8. The summed E-state index contributed by atoms with van der Waals surface area (Å²) >= 11 is 6.14. The van der Waals surface area contributed by atoms with Crippen LogP contribution in [0.15, 0.2) is 77.3 Å². The van der Waals surface area contributed by atoms with E-state index in [0.717, 1.165) is 22.3 Å². The third-order valence-corrected chi connectivity index (χ3v) is 5.82. The molecule has 35 heavy (non-hydrogen) atoms. The number of amides is 1. The summed E-state index contributed by atoms with van der Waals surface area (Å²) in [5, 5.41) is 16.5. The molecule has 0 aliphatic carbocycles. The summed E-state index contributed by atoms with van der Waals surface area (Å²) in [4.78, 5) is 23.6. The molecule has 0 fully saturated rings. The zero-order chi connectivity index (χ0) is 24.8. The van der Waals surface area contributed by atoms with Gasteiger partial charge in [-0.15, -0.1) is 0 Å². The molecule has 3 aromatic carbocycles. The first kappa shape index (κ1) is 24.0. The summed E-state index contributed by atoms with van der Waals surface area (Å²) in [7, 11) is 0. The van der Waals surface area contributed by atoms with Gasteiger partial charge in [0, 0.05) is 17.0 Å². The first-order valence-electron chi connectivity index (χ1n) is 11.0. The molecule has 0 atom stereocenters. The number of nitrogens with zero attached hydrogens (tertiary/aromatic N) is 1. The number of halogens is 1. The van der Waals surface area contributed by atoms with Crippen molar-refractivity contribution in [2.24, 2.45) is 0 Å². The number of carbonyl (C=O) groups is 2. The molecule has 1 amide bonds. The third-order valence-electron chi connectivity index (χ3n) is 5.45. The summed E-state index contributed by atoms with van der Waals surface area (Å²) in [6.45, 7) is 1.91. The van der Waals surface area contributed by atoms with Gasteiger partial charge in [0.15, 0.2) is 5.76 Å². The SMILES string of the molecule is Cc1noc(-c2ccc(Cc3cccc(C(=O)O)c3)cc2)c1NC(=O)OCCc1ccccc1Cl. The highest BCUT2D eigenvalue weighted by Crippen LogP contribution is 2.31. The van der Waals surface area contributed by atoms with Gasteiger partial charge in [-0.2, -0.15) is 0 Å². The van der Waals surface area contributed by atoms with Crippen LogP contribution in [0.2, 0.25) is 5.02 Å². The van der Waals surface area contributed by atoms with E-state index in [1.54, 1.807) is 31.2 Å². The van der Waals surface area contributed by atoms with Crippen LogP contribution in [0.25, 0.3) is 11.3 Å². The molecular formula is C27H23ClN2O5. The maximum atomic E-state index is 12.4. The molecule has 0 radical (unpaired) electrons. The first-order valence-corrected chi connectivity index (χ1v) is 11.3. The number of carboxylic acid groups (broad SMARTS) is 1. The Labute approximate surface area is 207 Å². The van der Waals surface area contributed by atoms with E-state index in [1.165, 1.54) is 0 Å². The fraction of sp³-hybridized carbons (Fsp3) is 0.148. The van der Waals surface area contributed by atoms with E-state index in [-0.39, 0.29) is 12.2 Å². The van der Waals surface area contributed by atoms with E-state index in [4.69, 9.17) is 20.9 Å². The Hall–Kier alpha value is -4.10. The Morgan fingerprint density at radius 2 is 1.80 bits per heavy atom. The second kappa shape index (κ2) is 10.9. The van der Waals surface area contributed by atoms with Crippen molar-refractivity contribution >= 4 is 29.4 Å². The summed E-state index contributed by atoms with van der Waals surface area (Å²) in [5.41, 5.74) is 4.76. The predicted octanol–water partition coefficient (Wildman–Crippen LogP) is 6.38. The highest BCUT2D eigenvalue weighted by molar-refractivity contribution is 6.31. The molecule has 4 rings (SSSR count). The Morgan fingerprint density at radius 1 is 1.03 bits per heavy atom. The first-order chi connectivity index (χ1) is 16.9. The number of aromatic nitrogens is 1. The van der Waals surface area contributed by atoms with Gasteiger partial charge in [0.1, 0.15) is 11.4 Å². The zero-order valence-corrected chi connectivity index (χ0v) is 19.7. The summed E-state index contributed by atoms with van der Waals surface area (Å²) in [6.07, 6.45) is 0.471. The number of carbonyl (C=O) groups excluding carboxylic acids is 1. The molecule has 1 aromatic heterocycles. The van der Waals surface area contributed by atoms with Crippen molar-refractivity contribution in [3.8, 4) is 11.3 Å². The Kier molecular flexibility index (Phi) is 7.48. The molecule has 4 aromatic rings. The normalized spacial score (nSPS) is 10.7. The fourth-order valence-electron chi connectivity index (χ4n) is 3.63. The second-order valence-electron chi connectivity index (χ2n) is 7.95. The minimum absolute atomic E-state index is 0.174. The molecule has 0 bridgehead atoms. The molecule has 0 aliphatic rings. The number of carboxylic acids is 1. The molecule has 8 heteroatoms. The van der Waals surface area contributed by atoms with Gasteiger partial charge in [-0.25, -0.2) is 9.59 Å². The number of aryl methyl sites for hydroxylation is 1. The smallest absolute Gasteiger partial charge is 0.411 e. The van der Waals surface area contributed by atoms with Gasteiger partial charge in [0.05, 0.1) is 12.2 Å². The predicted molar refractivity (Wildman–Crippen MR) is 133 cm³/mol. The highest BCUT2D eigenvalue weighted by atomic mass is 35.5. The van der Waals surface area contributed by atoms with Crippen molar-refractivity contribution in [2.75, 3.05) is 11.9 Å². The standard InChI is InChI=1S/C27H23ClN2O5/c1-17-24(29-27(33)34-14-13-20-6-2-3-8-23(20)28)25(35-30-17)21-11-9-18(10-12-21)15-19-5-4-7-22(16-19)26(31)32/h2-12,16H,13-15H2,1H3,(H,29,33)(H,31,32). The molecule has 0 saturated heterocycles. The Bertz CT molecular complexity index is 1350. The van der Waals surface area contributed by atoms with Gasteiger partial charge < -0.3 is 14.4 Å². The van der Waals surface area contributed by atoms with E-state index in [1.807, 2.05) is 48.5 Å². The average Bonchev–Trinajstić information content (AvgIpc) is 3.21. The number of hydrogen-bond donors (Lipinski definition) is 2. The minimum Gasteiger partial charge on any atom is -0.478 e. The Morgan fingerprint density at radius 3 is 2.54 bits per heavy atom. The number of nitrogens with one attached hydrogen (secondary N) is 1. The Balaban J connectivity index is 1.40. The maximum absolute atomic E-state index is 12.4. The lowest BCUT2D eigenvalue weighted by Crippen LogP contribution is -2.16. The highest BCUT2D eigenvalue weighted by Gasteiger charge is 2.18. The third kappa shape index (κ3) is 6.07. The number of benzene rings is 3. The van der Waals surface area contributed by atoms with Crippen molar-refractivity contribution < 1.29 is 24.0 Å². The monoisotopic (exact) mass is 490 g/mol. The number of aromatic carboxylic acids is 1. The van der Waals surface area contributed by atoms with Crippen LogP contribution in [0.3, 0.4) is 0 Å². The van der Waals surface area contributed by atoms with E-state index in [2.05, 4.69) is 10.5 Å². The van der Waals surface area contributed by atoms with Crippen molar-refractivity contribution in [1.29, 1.82) is 0 Å². The molecule has 2 N–H and O–H groups in total. The van der Waals surface area contributed by atoms with Crippen LogP contribution in [0.4, 0.5) is 10.5 Å². The van der Waals surface area contributed by atoms with Gasteiger partial charge in [0.25, 0.3) is 0 Å². The van der Waals surface area contributed by atoms with E-state index < -0.39 is 12.1 Å². The van der Waals surface area contributed by atoms with E-state index in [0.29, 0.717) is 35.0 Å². The lowest BCUT2D eigenvalue weighted by molar-refractivity contribution is 0.0696. The van der Waals surface area contributed by atoms with Crippen molar-refractivity contribution in [3.05, 3.63) is 106 Å². The van der Waals surface area contributed by atoms with Crippen LogP contribution < -0.4 is 5.32 Å². The van der Waals surface area contributed by atoms with Gasteiger partial charge in [-0.05, 0) is 48.2 Å². The summed E-state index contributed by atoms with van der Waals surface area (Å²) in [6, 6.07) is 21.8. The molecule has 178 valence electrons. The van der Waals surface area contributed by atoms with E-state index in [9.17, 15) is 14.7 Å². The van der Waals surface area contributed by atoms with Crippen LogP contribution in [0.5, 0.6) is 0 Å². The second-order valence-corrected chi connectivity index (χ2v) is 8.36. The van der Waals surface area contributed by atoms with E-state index >= 15 is 0 Å². The topological polar surface area (TPSA) is 102 Å². The van der Waals surface area contributed by atoms with Gasteiger partial charge in [0.2, 0.25) is 0 Å². The maximum Gasteiger partial charge on any atom is 0.411 e. The van der Waals surface area contributed by atoms with Gasteiger partial charge >= 0.3 is 12.1 Å². The average molecular weight is 491 g/mol. The number of anilines is 1. The summed E-state index contributed by atoms with van der Waals surface area (Å²) in [5.74, 6) is -0.532. The van der Waals surface area contributed by atoms with Crippen molar-refractivity contribution in [1.82, 2.24) is 5.16 Å². The van der Waals surface area contributed by atoms with Crippen LogP contribution in [-0.4, -0.2) is 28.9 Å². The molecule has 0 spiro atoms. The van der Waals surface area contributed by atoms with Crippen molar-refractivity contribution in [2.45, 2.75) is 19.8 Å². The fourth-order valence-corrected chi connectivity index (χ4v) is 3.86. The largest absolute Gasteiger partial charge is 0.478 e. The lowest BCUT2D eigenvalue weighted by atomic mass is 10.0. The van der Waals surface area contributed by atoms with Gasteiger partial charge in [-0.1, -0.05) is 71.4 Å². The van der Waals surface area contributed by atoms with Crippen molar-refractivity contribution in [3.63, 3.8) is 0 Å². The molecule has 0 unspecified atom stereocenters.